The first-order chi connectivity index (χ1) is 13.9. The molecule has 0 aliphatic carbocycles. The lowest BCUT2D eigenvalue weighted by atomic mass is 10.2. The van der Waals surface area contributed by atoms with Crippen molar-refractivity contribution in [2.75, 3.05) is 13.7 Å². The van der Waals surface area contributed by atoms with Gasteiger partial charge in [0.2, 0.25) is 5.91 Å². The number of halogens is 2. The van der Waals surface area contributed by atoms with Gasteiger partial charge in [0, 0.05) is 24.7 Å². The predicted molar refractivity (Wildman–Crippen MR) is 108 cm³/mol. The number of hydrogen-bond acceptors (Lipinski definition) is 5. The average Bonchev–Trinajstić information content (AvgIpc) is 3.23. The summed E-state index contributed by atoms with van der Waals surface area (Å²) in [7, 11) is 1.71. The minimum absolute atomic E-state index is 0.0431. The lowest BCUT2D eigenvalue weighted by Gasteiger charge is -2.15. The molecular formula is C20H21F2N3O3S. The molecule has 0 atom stereocenters. The van der Waals surface area contributed by atoms with E-state index in [0.29, 0.717) is 18.7 Å². The molecule has 2 aromatic heterocycles. The zero-order valence-electron chi connectivity index (χ0n) is 16.3. The van der Waals surface area contributed by atoms with Crippen LogP contribution in [0.15, 0.2) is 35.9 Å². The Morgan fingerprint density at radius 1 is 1.38 bits per heavy atom. The second-order valence-corrected chi connectivity index (χ2v) is 7.12. The van der Waals surface area contributed by atoms with Crippen LogP contribution in [0.1, 0.15) is 23.9 Å². The van der Waals surface area contributed by atoms with E-state index in [1.54, 1.807) is 48.4 Å². The van der Waals surface area contributed by atoms with Gasteiger partial charge in [-0.1, -0.05) is 6.07 Å². The molecule has 2 heterocycles. The molecule has 29 heavy (non-hydrogen) atoms. The first-order valence-electron chi connectivity index (χ1n) is 8.95. The second kappa shape index (κ2) is 9.04. The minimum atomic E-state index is -2.94. The highest BCUT2D eigenvalue weighted by Crippen LogP contribution is 2.30. The number of benzene rings is 1. The Morgan fingerprint density at radius 2 is 2.17 bits per heavy atom. The van der Waals surface area contributed by atoms with Crippen LogP contribution in [0.4, 0.5) is 8.78 Å². The van der Waals surface area contributed by atoms with Crippen LogP contribution in [0.25, 0.3) is 11.0 Å². The van der Waals surface area contributed by atoms with Crippen molar-refractivity contribution < 1.29 is 23.0 Å². The second-order valence-electron chi connectivity index (χ2n) is 6.24. The van der Waals surface area contributed by atoms with E-state index in [2.05, 4.69) is 9.72 Å². The van der Waals surface area contributed by atoms with Crippen molar-refractivity contribution in [1.29, 1.82) is 0 Å². The lowest BCUT2D eigenvalue weighted by molar-refractivity contribution is -0.125. The molecule has 0 unspecified atom stereocenters. The summed E-state index contributed by atoms with van der Waals surface area (Å²) in [4.78, 5) is 19.5. The Balaban J connectivity index is 1.71. The molecule has 3 aromatic rings. The zero-order valence-corrected chi connectivity index (χ0v) is 17.1. The molecule has 0 saturated carbocycles. The summed E-state index contributed by atoms with van der Waals surface area (Å²) in [5.41, 5.74) is 2.48. The quantitative estimate of drug-likeness (QED) is 0.507. The maximum absolute atomic E-state index is 12.5. The van der Waals surface area contributed by atoms with Gasteiger partial charge in [0.1, 0.15) is 0 Å². The number of carbonyl (C=O) groups is 1. The van der Waals surface area contributed by atoms with Gasteiger partial charge in [-0.3, -0.25) is 9.20 Å². The molecule has 9 heteroatoms. The Hall–Kier alpha value is -2.94. The Morgan fingerprint density at radius 3 is 2.90 bits per heavy atom. The van der Waals surface area contributed by atoms with Crippen molar-refractivity contribution in [2.24, 2.45) is 0 Å². The fourth-order valence-electron chi connectivity index (χ4n) is 2.82. The number of aromatic nitrogens is 2. The van der Waals surface area contributed by atoms with E-state index in [1.807, 2.05) is 22.9 Å². The number of hydrogen-bond donors (Lipinski definition) is 0. The highest BCUT2D eigenvalue weighted by Gasteiger charge is 2.14. The van der Waals surface area contributed by atoms with Crippen LogP contribution in [0, 0.1) is 6.92 Å². The molecule has 1 amide bonds. The maximum Gasteiger partial charge on any atom is 0.387 e. The van der Waals surface area contributed by atoms with Gasteiger partial charge >= 0.3 is 6.61 Å². The van der Waals surface area contributed by atoms with Crippen LogP contribution in [0.2, 0.25) is 0 Å². The van der Waals surface area contributed by atoms with Gasteiger partial charge in [-0.2, -0.15) is 8.78 Å². The highest BCUT2D eigenvalue weighted by atomic mass is 32.1. The van der Waals surface area contributed by atoms with Crippen molar-refractivity contribution in [2.45, 2.75) is 27.0 Å². The summed E-state index contributed by atoms with van der Waals surface area (Å²) in [6, 6.07) is 4.54. The maximum atomic E-state index is 12.5. The predicted octanol–water partition coefficient (Wildman–Crippen LogP) is 4.38. The minimum Gasteiger partial charge on any atom is -0.490 e. The number of amides is 1. The van der Waals surface area contributed by atoms with Gasteiger partial charge < -0.3 is 14.4 Å². The van der Waals surface area contributed by atoms with E-state index in [1.165, 1.54) is 12.1 Å². The van der Waals surface area contributed by atoms with Gasteiger partial charge in [-0.05, 0) is 37.6 Å². The Bertz CT molecular complexity index is 1030. The lowest BCUT2D eigenvalue weighted by Crippen LogP contribution is -2.25. The first-order valence-corrected chi connectivity index (χ1v) is 9.83. The molecule has 0 aliphatic heterocycles. The highest BCUT2D eigenvalue weighted by molar-refractivity contribution is 7.15. The third-order valence-electron chi connectivity index (χ3n) is 4.23. The van der Waals surface area contributed by atoms with E-state index in [9.17, 15) is 13.6 Å². The number of alkyl halides is 2. The van der Waals surface area contributed by atoms with E-state index < -0.39 is 6.61 Å². The molecule has 1 aromatic carbocycles. The number of imidazole rings is 1. The van der Waals surface area contributed by atoms with Crippen molar-refractivity contribution in [1.82, 2.24) is 14.3 Å². The summed E-state index contributed by atoms with van der Waals surface area (Å²) in [5.74, 6) is -0.0376. The summed E-state index contributed by atoms with van der Waals surface area (Å²) in [6.45, 7) is 1.44. The number of nitrogens with zero attached hydrogens (tertiary/aromatic N) is 3. The Labute approximate surface area is 171 Å². The van der Waals surface area contributed by atoms with Crippen molar-refractivity contribution in [3.63, 3.8) is 0 Å². The molecule has 0 bridgehead atoms. The van der Waals surface area contributed by atoms with Gasteiger partial charge in [0.25, 0.3) is 0 Å². The molecular weight excluding hydrogens is 400 g/mol. The first kappa shape index (κ1) is 20.8. The Kier molecular flexibility index (Phi) is 6.48. The molecule has 6 nitrogen and oxygen atoms in total. The van der Waals surface area contributed by atoms with Gasteiger partial charge in [-0.25, -0.2) is 4.98 Å². The molecule has 0 radical (unpaired) electrons. The van der Waals surface area contributed by atoms with E-state index in [4.69, 9.17) is 4.74 Å². The van der Waals surface area contributed by atoms with Crippen LogP contribution in [0.5, 0.6) is 11.5 Å². The SMILES string of the molecule is CCOc1cc(/C=C\C(=O)N(C)Cc2c(C)nc3sccn23)ccc1OC(F)F. The molecule has 0 aliphatic rings. The summed E-state index contributed by atoms with van der Waals surface area (Å²) in [6.07, 6.45) is 4.97. The van der Waals surface area contributed by atoms with Crippen molar-refractivity contribution in [3.8, 4) is 11.5 Å². The zero-order chi connectivity index (χ0) is 21.0. The normalized spacial score (nSPS) is 11.5. The van der Waals surface area contributed by atoms with Crippen LogP contribution >= 0.6 is 11.3 Å². The van der Waals surface area contributed by atoms with Gasteiger partial charge in [-0.15, -0.1) is 11.3 Å². The van der Waals surface area contributed by atoms with Crippen LogP contribution < -0.4 is 9.47 Å². The number of aryl methyl sites for hydroxylation is 1. The molecule has 3 rings (SSSR count). The molecule has 0 fully saturated rings. The number of likely N-dealkylation sites (N-methyl/N-ethyl adjacent to an activating group) is 1. The van der Waals surface area contributed by atoms with Gasteiger partial charge in [0.15, 0.2) is 16.5 Å². The van der Waals surface area contributed by atoms with E-state index in [-0.39, 0.29) is 17.4 Å². The van der Waals surface area contributed by atoms with E-state index in [0.717, 1.165) is 16.3 Å². The molecule has 0 spiro atoms. The van der Waals surface area contributed by atoms with Crippen LogP contribution in [-0.4, -0.2) is 40.5 Å². The molecule has 0 saturated heterocycles. The standard InChI is InChI=1S/C20H21F2N3O3S/c1-4-27-17-11-14(5-7-16(17)28-19(21)22)6-8-18(26)24(3)12-15-13(2)23-20-25(15)9-10-29-20/h5-11,19H,4,12H2,1-3H3/b8-6-. The molecule has 154 valence electrons. The summed E-state index contributed by atoms with van der Waals surface area (Å²) in [5, 5.41) is 1.95. The fraction of sp³-hybridized carbons (Fsp3) is 0.300. The summed E-state index contributed by atoms with van der Waals surface area (Å²) >= 11 is 1.54. The van der Waals surface area contributed by atoms with Crippen LogP contribution in [0.3, 0.4) is 0 Å². The third kappa shape index (κ3) is 4.92. The fourth-order valence-corrected chi connectivity index (χ4v) is 3.60. The number of thiazole rings is 1. The summed E-state index contributed by atoms with van der Waals surface area (Å²) < 4.78 is 36.8. The van der Waals surface area contributed by atoms with Crippen molar-refractivity contribution in [3.05, 3.63) is 52.8 Å². The number of rotatable bonds is 8. The van der Waals surface area contributed by atoms with Crippen molar-refractivity contribution >= 4 is 28.3 Å². The monoisotopic (exact) mass is 421 g/mol. The number of carbonyl (C=O) groups excluding carboxylic acids is 1. The third-order valence-corrected chi connectivity index (χ3v) is 4.98. The smallest absolute Gasteiger partial charge is 0.387 e. The number of ether oxygens (including phenoxy) is 2. The largest absolute Gasteiger partial charge is 0.490 e. The topological polar surface area (TPSA) is 56.1 Å². The van der Waals surface area contributed by atoms with Gasteiger partial charge in [0.05, 0.1) is 24.5 Å². The average molecular weight is 421 g/mol. The molecule has 0 N–H and O–H groups in total. The number of fused-ring (bicyclic) bond motifs is 1. The van der Waals surface area contributed by atoms with Crippen LogP contribution in [-0.2, 0) is 11.3 Å². The van der Waals surface area contributed by atoms with E-state index >= 15 is 0 Å².